The van der Waals surface area contributed by atoms with Gasteiger partial charge in [0.2, 0.25) is 0 Å². The van der Waals surface area contributed by atoms with E-state index in [0.717, 1.165) is 20.8 Å². The highest BCUT2D eigenvalue weighted by Gasteiger charge is 2.18. The third-order valence-corrected chi connectivity index (χ3v) is 4.30. The van der Waals surface area contributed by atoms with Crippen molar-refractivity contribution in [3.63, 3.8) is 0 Å². The molecule has 1 aromatic heterocycles. The maximum atomic E-state index is 6.26. The lowest BCUT2D eigenvalue weighted by Crippen LogP contribution is -2.21. The number of hydrogen-bond donors (Lipinski definition) is 1. The van der Waals surface area contributed by atoms with E-state index in [4.69, 9.17) is 23.2 Å². The van der Waals surface area contributed by atoms with Gasteiger partial charge in [0.15, 0.2) is 0 Å². The van der Waals surface area contributed by atoms with E-state index in [0.29, 0.717) is 0 Å². The molecule has 1 atom stereocenters. The summed E-state index contributed by atoms with van der Waals surface area (Å²) < 4.78 is 1.48. The van der Waals surface area contributed by atoms with Crippen molar-refractivity contribution in [1.29, 1.82) is 0 Å². The molecule has 0 bridgehead atoms. The fraction of sp³-hybridized carbons (Fsp3) is 0.286. The summed E-state index contributed by atoms with van der Waals surface area (Å²) in [4.78, 5) is 0. The van der Waals surface area contributed by atoms with Gasteiger partial charge in [-0.25, -0.2) is 0 Å². The molecule has 0 radical (unpaired) electrons. The minimum atomic E-state index is 0.103. The van der Waals surface area contributed by atoms with Crippen LogP contribution in [0.3, 0.4) is 0 Å². The molecule has 1 heterocycles. The Morgan fingerprint density at radius 3 is 2.61 bits per heavy atom. The molecule has 0 aliphatic rings. The van der Waals surface area contributed by atoms with Crippen LogP contribution in [0, 0.1) is 6.92 Å². The molecular weight excluding hydrogens is 285 g/mol. The van der Waals surface area contributed by atoms with Gasteiger partial charge in [0.25, 0.3) is 0 Å². The van der Waals surface area contributed by atoms with Crippen molar-refractivity contribution >= 4 is 34.5 Å². The van der Waals surface area contributed by atoms with Gasteiger partial charge in [0.1, 0.15) is 0 Å². The number of benzene rings is 1. The highest BCUT2D eigenvalue weighted by Crippen LogP contribution is 2.37. The average Bonchev–Trinajstić information content (AvgIpc) is 2.65. The number of hydrogen-bond acceptors (Lipinski definition) is 2. The predicted molar refractivity (Wildman–Crippen MR) is 81.0 cm³/mol. The predicted octanol–water partition coefficient (Wildman–Crippen LogP) is 5.06. The molecule has 0 fully saturated rings. The summed E-state index contributed by atoms with van der Waals surface area (Å²) in [6.45, 7) is 5.06. The van der Waals surface area contributed by atoms with E-state index in [-0.39, 0.29) is 6.04 Å². The number of halogens is 2. The molecule has 1 nitrogen and oxygen atoms in total. The Morgan fingerprint density at radius 2 is 2.06 bits per heavy atom. The molecule has 4 heteroatoms. The fourth-order valence-electron chi connectivity index (χ4n) is 2.01. The summed E-state index contributed by atoms with van der Waals surface area (Å²) in [6, 6.07) is 10.5. The van der Waals surface area contributed by atoms with Crippen LogP contribution in [0.2, 0.25) is 8.67 Å². The van der Waals surface area contributed by atoms with E-state index in [2.05, 4.69) is 43.4 Å². The number of thiophene rings is 1. The summed E-state index contributed by atoms with van der Waals surface area (Å²) in [5, 5.41) is 3.46. The molecule has 0 saturated carbocycles. The van der Waals surface area contributed by atoms with Gasteiger partial charge in [-0.2, -0.15) is 0 Å². The monoisotopic (exact) mass is 299 g/mol. The molecule has 1 unspecified atom stereocenters. The second kappa shape index (κ2) is 6.07. The molecule has 2 rings (SSSR count). The third kappa shape index (κ3) is 3.07. The van der Waals surface area contributed by atoms with Crippen molar-refractivity contribution < 1.29 is 0 Å². The third-order valence-electron chi connectivity index (χ3n) is 2.78. The lowest BCUT2D eigenvalue weighted by Gasteiger charge is -2.18. The highest BCUT2D eigenvalue weighted by molar-refractivity contribution is 7.20. The zero-order valence-corrected chi connectivity index (χ0v) is 12.7. The van der Waals surface area contributed by atoms with E-state index in [9.17, 15) is 0 Å². The topological polar surface area (TPSA) is 12.0 Å². The van der Waals surface area contributed by atoms with E-state index >= 15 is 0 Å². The summed E-state index contributed by atoms with van der Waals surface area (Å²) in [5.74, 6) is 0. The first kappa shape index (κ1) is 13.9. The minimum Gasteiger partial charge on any atom is -0.306 e. The molecule has 1 aromatic carbocycles. The van der Waals surface area contributed by atoms with Crippen molar-refractivity contribution in [3.05, 3.63) is 55.7 Å². The molecule has 1 N–H and O–H groups in total. The average molecular weight is 300 g/mol. The molecule has 0 amide bonds. The molecule has 0 aliphatic carbocycles. The van der Waals surface area contributed by atoms with Gasteiger partial charge >= 0.3 is 0 Å². The van der Waals surface area contributed by atoms with Gasteiger partial charge < -0.3 is 5.32 Å². The van der Waals surface area contributed by atoms with Crippen LogP contribution >= 0.6 is 34.5 Å². The SMILES string of the molecule is CCNC(c1cccc(C)c1)c1cc(Cl)sc1Cl. The molecule has 2 aromatic rings. The number of aryl methyl sites for hydroxylation is 1. The van der Waals surface area contributed by atoms with Crippen LogP contribution in [-0.2, 0) is 0 Å². The summed E-state index contributed by atoms with van der Waals surface area (Å²) in [6.07, 6.45) is 0. The summed E-state index contributed by atoms with van der Waals surface area (Å²) in [5.41, 5.74) is 3.51. The Bertz CT molecular complexity index is 536. The first-order chi connectivity index (χ1) is 8.61. The van der Waals surface area contributed by atoms with Gasteiger partial charge in [-0.05, 0) is 25.1 Å². The summed E-state index contributed by atoms with van der Waals surface area (Å²) >= 11 is 13.7. The largest absolute Gasteiger partial charge is 0.306 e. The van der Waals surface area contributed by atoms with Gasteiger partial charge in [-0.15, -0.1) is 11.3 Å². The highest BCUT2D eigenvalue weighted by atomic mass is 35.5. The van der Waals surface area contributed by atoms with Crippen LogP contribution in [0.4, 0.5) is 0 Å². The second-order valence-electron chi connectivity index (χ2n) is 4.18. The van der Waals surface area contributed by atoms with Gasteiger partial charge in [0.05, 0.1) is 14.7 Å². The molecule has 0 spiro atoms. The van der Waals surface area contributed by atoms with Gasteiger partial charge in [-0.1, -0.05) is 60.0 Å². The van der Waals surface area contributed by atoms with Crippen LogP contribution in [-0.4, -0.2) is 6.54 Å². The van der Waals surface area contributed by atoms with Crippen molar-refractivity contribution in [3.8, 4) is 0 Å². The Kier molecular flexibility index (Phi) is 4.68. The fourth-order valence-corrected chi connectivity index (χ4v) is 3.54. The maximum absolute atomic E-state index is 6.26. The van der Waals surface area contributed by atoms with Crippen molar-refractivity contribution in [1.82, 2.24) is 5.32 Å². The van der Waals surface area contributed by atoms with Crippen LogP contribution in [0.5, 0.6) is 0 Å². The second-order valence-corrected chi connectivity index (χ2v) is 6.47. The quantitative estimate of drug-likeness (QED) is 0.832. The zero-order valence-electron chi connectivity index (χ0n) is 10.3. The molecule has 0 saturated heterocycles. The Morgan fingerprint density at radius 1 is 1.28 bits per heavy atom. The lowest BCUT2D eigenvalue weighted by molar-refractivity contribution is 0.632. The molecule has 18 heavy (non-hydrogen) atoms. The van der Waals surface area contributed by atoms with Crippen LogP contribution in [0.15, 0.2) is 30.3 Å². The molecule has 0 aliphatic heterocycles. The Balaban J connectivity index is 2.42. The van der Waals surface area contributed by atoms with E-state index in [1.165, 1.54) is 22.5 Å². The van der Waals surface area contributed by atoms with E-state index in [1.54, 1.807) is 0 Å². The standard InChI is InChI=1S/C14H15Cl2NS/c1-3-17-13(10-6-4-5-9(2)7-10)11-8-12(15)18-14(11)16/h4-8,13,17H,3H2,1-2H3. The van der Waals surface area contributed by atoms with Crippen molar-refractivity contribution in [2.24, 2.45) is 0 Å². The Labute approximate surface area is 122 Å². The first-order valence-electron chi connectivity index (χ1n) is 5.86. The minimum absolute atomic E-state index is 0.103. The van der Waals surface area contributed by atoms with Crippen LogP contribution in [0.1, 0.15) is 29.7 Å². The van der Waals surface area contributed by atoms with Crippen LogP contribution < -0.4 is 5.32 Å². The van der Waals surface area contributed by atoms with E-state index < -0.39 is 0 Å². The number of nitrogens with one attached hydrogen (secondary N) is 1. The maximum Gasteiger partial charge on any atom is 0.0995 e. The van der Waals surface area contributed by atoms with Crippen molar-refractivity contribution in [2.45, 2.75) is 19.9 Å². The molecular formula is C14H15Cl2NS. The van der Waals surface area contributed by atoms with Gasteiger partial charge in [0, 0.05) is 5.56 Å². The van der Waals surface area contributed by atoms with Gasteiger partial charge in [-0.3, -0.25) is 0 Å². The zero-order chi connectivity index (χ0) is 13.1. The normalized spacial score (nSPS) is 12.7. The lowest BCUT2D eigenvalue weighted by atomic mass is 9.99. The van der Waals surface area contributed by atoms with Crippen molar-refractivity contribution in [2.75, 3.05) is 6.54 Å². The van der Waals surface area contributed by atoms with E-state index in [1.807, 2.05) is 6.07 Å². The Hall–Kier alpha value is -0.540. The van der Waals surface area contributed by atoms with Crippen LogP contribution in [0.25, 0.3) is 0 Å². The molecule has 96 valence electrons. The smallest absolute Gasteiger partial charge is 0.0995 e. The summed E-state index contributed by atoms with van der Waals surface area (Å²) in [7, 11) is 0. The number of rotatable bonds is 4. The first-order valence-corrected chi connectivity index (χ1v) is 7.43.